The summed E-state index contributed by atoms with van der Waals surface area (Å²) in [5.74, 6) is -1.06. The molecule has 2 aromatic rings. The largest absolute Gasteiger partial charge is 0.354 e. The fourth-order valence-corrected chi connectivity index (χ4v) is 2.11. The lowest BCUT2D eigenvalue weighted by Gasteiger charge is -2.07. The predicted molar refractivity (Wildman–Crippen MR) is 86.3 cm³/mol. The molecule has 120 valence electrons. The number of nitrogens with one attached hydrogen (secondary N) is 2. The standard InChI is InChI=1S/C18H19FN2O2/c19-16-9-5-4-8-15(16)12-17(22)21-13-18(23)20-11-10-14-6-2-1-3-7-14/h1-9H,10-13H2,(H,20,23)(H,21,22). The third-order valence-electron chi connectivity index (χ3n) is 3.33. The highest BCUT2D eigenvalue weighted by molar-refractivity contribution is 5.85. The summed E-state index contributed by atoms with van der Waals surface area (Å²) in [7, 11) is 0. The predicted octanol–water partition coefficient (Wildman–Crippen LogP) is 1.84. The number of halogens is 1. The smallest absolute Gasteiger partial charge is 0.239 e. The number of amides is 2. The molecule has 0 aliphatic carbocycles. The van der Waals surface area contributed by atoms with Crippen molar-refractivity contribution in [1.82, 2.24) is 10.6 Å². The van der Waals surface area contributed by atoms with Gasteiger partial charge in [0.1, 0.15) is 5.82 Å². The normalized spacial score (nSPS) is 10.1. The van der Waals surface area contributed by atoms with Crippen LogP contribution in [0.4, 0.5) is 4.39 Å². The number of benzene rings is 2. The van der Waals surface area contributed by atoms with Gasteiger partial charge in [0.15, 0.2) is 0 Å². The van der Waals surface area contributed by atoms with Gasteiger partial charge in [-0.05, 0) is 23.6 Å². The molecule has 2 amide bonds. The highest BCUT2D eigenvalue weighted by Gasteiger charge is 2.09. The van der Waals surface area contributed by atoms with E-state index in [9.17, 15) is 14.0 Å². The van der Waals surface area contributed by atoms with Crippen LogP contribution in [0.15, 0.2) is 54.6 Å². The Bertz CT molecular complexity index is 659. The number of carbonyl (C=O) groups is 2. The van der Waals surface area contributed by atoms with Crippen LogP contribution in [0.1, 0.15) is 11.1 Å². The quantitative estimate of drug-likeness (QED) is 0.819. The van der Waals surface area contributed by atoms with Gasteiger partial charge in [-0.3, -0.25) is 9.59 Å². The zero-order valence-corrected chi connectivity index (χ0v) is 12.7. The Morgan fingerprint density at radius 3 is 2.30 bits per heavy atom. The first kappa shape index (κ1) is 16.7. The van der Waals surface area contributed by atoms with Crippen molar-refractivity contribution in [2.75, 3.05) is 13.1 Å². The maximum atomic E-state index is 13.4. The molecule has 0 aromatic heterocycles. The summed E-state index contributed by atoms with van der Waals surface area (Å²) in [6.45, 7) is 0.397. The second kappa shape index (κ2) is 8.68. The average molecular weight is 314 g/mol. The lowest BCUT2D eigenvalue weighted by Crippen LogP contribution is -2.38. The van der Waals surface area contributed by atoms with Gasteiger partial charge in [0.25, 0.3) is 0 Å². The molecule has 0 fully saturated rings. The van der Waals surface area contributed by atoms with Crippen molar-refractivity contribution in [1.29, 1.82) is 0 Å². The van der Waals surface area contributed by atoms with Crippen LogP contribution in [0, 0.1) is 5.82 Å². The number of rotatable bonds is 7. The van der Waals surface area contributed by atoms with Gasteiger partial charge >= 0.3 is 0 Å². The first-order chi connectivity index (χ1) is 11.1. The molecule has 4 nitrogen and oxygen atoms in total. The van der Waals surface area contributed by atoms with E-state index in [0.717, 1.165) is 12.0 Å². The summed E-state index contributed by atoms with van der Waals surface area (Å²) in [5, 5.41) is 5.22. The highest BCUT2D eigenvalue weighted by atomic mass is 19.1. The molecule has 0 saturated heterocycles. The second-order valence-corrected chi connectivity index (χ2v) is 5.13. The molecule has 2 N–H and O–H groups in total. The molecule has 5 heteroatoms. The Kier molecular flexibility index (Phi) is 6.29. The summed E-state index contributed by atoms with van der Waals surface area (Å²) < 4.78 is 13.4. The zero-order chi connectivity index (χ0) is 16.5. The lowest BCUT2D eigenvalue weighted by atomic mass is 10.1. The second-order valence-electron chi connectivity index (χ2n) is 5.13. The highest BCUT2D eigenvalue weighted by Crippen LogP contribution is 2.06. The van der Waals surface area contributed by atoms with Crippen molar-refractivity contribution in [3.63, 3.8) is 0 Å². The molecule has 2 aromatic carbocycles. The van der Waals surface area contributed by atoms with Crippen LogP contribution in [0.25, 0.3) is 0 Å². The SMILES string of the molecule is O=C(CNC(=O)Cc1ccccc1F)NCCc1ccccc1. The molecule has 0 aliphatic heterocycles. The van der Waals surface area contributed by atoms with Crippen LogP contribution in [-0.2, 0) is 22.4 Å². The minimum absolute atomic E-state index is 0.0794. The molecular formula is C18H19FN2O2. The van der Waals surface area contributed by atoms with Crippen molar-refractivity contribution in [2.24, 2.45) is 0 Å². The van der Waals surface area contributed by atoms with Crippen LogP contribution in [0.3, 0.4) is 0 Å². The Hall–Kier alpha value is -2.69. The van der Waals surface area contributed by atoms with Gasteiger partial charge < -0.3 is 10.6 Å². The summed E-state index contributed by atoms with van der Waals surface area (Å²) in [4.78, 5) is 23.4. The topological polar surface area (TPSA) is 58.2 Å². The van der Waals surface area contributed by atoms with Crippen molar-refractivity contribution in [3.8, 4) is 0 Å². The molecule has 2 rings (SSSR count). The number of hydrogen-bond acceptors (Lipinski definition) is 2. The zero-order valence-electron chi connectivity index (χ0n) is 12.7. The van der Waals surface area contributed by atoms with Crippen LogP contribution in [0.5, 0.6) is 0 Å². The van der Waals surface area contributed by atoms with E-state index in [1.54, 1.807) is 18.2 Å². The van der Waals surface area contributed by atoms with Crippen LogP contribution in [-0.4, -0.2) is 24.9 Å². The summed E-state index contributed by atoms with van der Waals surface area (Å²) in [6.07, 6.45) is 0.653. The first-order valence-electron chi connectivity index (χ1n) is 7.46. The Balaban J connectivity index is 1.66. The van der Waals surface area contributed by atoms with Crippen molar-refractivity contribution >= 4 is 11.8 Å². The molecule has 0 heterocycles. The Labute approximate surface area is 134 Å². The summed E-state index contributed by atoms with van der Waals surface area (Å²) >= 11 is 0. The molecular weight excluding hydrogens is 295 g/mol. The minimum atomic E-state index is -0.421. The van der Waals surface area contributed by atoms with Crippen molar-refractivity contribution in [2.45, 2.75) is 12.8 Å². The van der Waals surface area contributed by atoms with Gasteiger partial charge in [0, 0.05) is 6.54 Å². The van der Waals surface area contributed by atoms with E-state index < -0.39 is 5.82 Å². The van der Waals surface area contributed by atoms with E-state index in [2.05, 4.69) is 10.6 Å². The third kappa shape index (κ3) is 5.90. The fraction of sp³-hybridized carbons (Fsp3) is 0.222. The molecule has 23 heavy (non-hydrogen) atoms. The maximum Gasteiger partial charge on any atom is 0.239 e. The Morgan fingerprint density at radius 1 is 0.870 bits per heavy atom. The minimum Gasteiger partial charge on any atom is -0.354 e. The van der Waals surface area contributed by atoms with Gasteiger partial charge in [-0.1, -0.05) is 48.5 Å². The van der Waals surface area contributed by atoms with E-state index in [1.807, 2.05) is 30.3 Å². The molecule has 0 spiro atoms. The van der Waals surface area contributed by atoms with Crippen LogP contribution in [0.2, 0.25) is 0 Å². The Morgan fingerprint density at radius 2 is 1.57 bits per heavy atom. The maximum absolute atomic E-state index is 13.4. The molecule has 0 atom stereocenters. The molecule has 0 saturated carbocycles. The van der Waals surface area contributed by atoms with E-state index in [4.69, 9.17) is 0 Å². The third-order valence-corrected chi connectivity index (χ3v) is 3.33. The van der Waals surface area contributed by atoms with E-state index in [1.165, 1.54) is 6.07 Å². The number of carbonyl (C=O) groups excluding carboxylic acids is 2. The van der Waals surface area contributed by atoms with Gasteiger partial charge in [-0.2, -0.15) is 0 Å². The lowest BCUT2D eigenvalue weighted by molar-refractivity contribution is -0.125. The van der Waals surface area contributed by atoms with E-state index in [0.29, 0.717) is 12.1 Å². The molecule has 0 bridgehead atoms. The van der Waals surface area contributed by atoms with Gasteiger partial charge in [-0.25, -0.2) is 4.39 Å². The fourth-order valence-electron chi connectivity index (χ4n) is 2.11. The average Bonchev–Trinajstić information content (AvgIpc) is 2.56. The van der Waals surface area contributed by atoms with E-state index in [-0.39, 0.29) is 24.8 Å². The van der Waals surface area contributed by atoms with Gasteiger partial charge in [0.05, 0.1) is 13.0 Å². The number of hydrogen-bond donors (Lipinski definition) is 2. The van der Waals surface area contributed by atoms with Crippen LogP contribution >= 0.6 is 0 Å². The van der Waals surface area contributed by atoms with Crippen LogP contribution < -0.4 is 10.6 Å². The van der Waals surface area contributed by atoms with Crippen molar-refractivity contribution < 1.29 is 14.0 Å². The first-order valence-corrected chi connectivity index (χ1v) is 7.46. The van der Waals surface area contributed by atoms with Crippen molar-refractivity contribution in [3.05, 3.63) is 71.5 Å². The summed E-state index contributed by atoms with van der Waals surface area (Å²) in [6, 6.07) is 15.9. The van der Waals surface area contributed by atoms with Gasteiger partial charge in [0.2, 0.25) is 11.8 Å². The monoisotopic (exact) mass is 314 g/mol. The molecule has 0 radical (unpaired) electrons. The molecule has 0 aliphatic rings. The molecule has 0 unspecified atom stereocenters. The summed E-state index contributed by atoms with van der Waals surface area (Å²) in [5.41, 5.74) is 1.45. The van der Waals surface area contributed by atoms with Gasteiger partial charge in [-0.15, -0.1) is 0 Å². The van der Waals surface area contributed by atoms with E-state index >= 15 is 0 Å².